The zero-order valence-electron chi connectivity index (χ0n) is 11.2. The van der Waals surface area contributed by atoms with Gasteiger partial charge in [0, 0.05) is 13.0 Å². The third-order valence-corrected chi connectivity index (χ3v) is 3.20. The molecule has 1 aliphatic heterocycles. The molecule has 0 radical (unpaired) electrons. The van der Waals surface area contributed by atoms with Gasteiger partial charge in [0.05, 0.1) is 18.5 Å². The minimum Gasteiger partial charge on any atom is -0.467 e. The molecule has 1 aromatic carbocycles. The molecular formula is C14H18N2O3. The number of methoxy groups -OCH3 is 1. The predicted molar refractivity (Wildman–Crippen MR) is 73.1 cm³/mol. The van der Waals surface area contributed by atoms with E-state index < -0.39 is 6.04 Å². The summed E-state index contributed by atoms with van der Waals surface area (Å²) in [4.78, 5) is 25.0. The molecule has 0 aromatic heterocycles. The molecule has 102 valence electrons. The molecular weight excluding hydrogens is 244 g/mol. The van der Waals surface area contributed by atoms with Gasteiger partial charge in [-0.3, -0.25) is 4.79 Å². The van der Waals surface area contributed by atoms with Gasteiger partial charge in [-0.1, -0.05) is 12.1 Å². The van der Waals surface area contributed by atoms with Crippen LogP contribution in [0.4, 0.5) is 11.4 Å². The smallest absolute Gasteiger partial charge is 0.327 e. The summed E-state index contributed by atoms with van der Waals surface area (Å²) >= 11 is 0. The van der Waals surface area contributed by atoms with Gasteiger partial charge in [0.25, 0.3) is 0 Å². The van der Waals surface area contributed by atoms with E-state index in [0.29, 0.717) is 6.42 Å². The van der Waals surface area contributed by atoms with Crippen molar-refractivity contribution < 1.29 is 14.3 Å². The molecule has 1 fully saturated rings. The second-order valence-corrected chi connectivity index (χ2v) is 4.56. The minimum atomic E-state index is -0.455. The summed E-state index contributed by atoms with van der Waals surface area (Å²) in [5.41, 5.74) is 1.59. The van der Waals surface area contributed by atoms with Crippen LogP contribution < -0.4 is 10.2 Å². The maximum Gasteiger partial charge on any atom is 0.327 e. The Morgan fingerprint density at radius 1 is 1.42 bits per heavy atom. The third kappa shape index (κ3) is 2.86. The first kappa shape index (κ1) is 13.4. The molecule has 0 bridgehead atoms. The van der Waals surface area contributed by atoms with Crippen LogP contribution in [0.1, 0.15) is 19.8 Å². The predicted octanol–water partition coefficient (Wildman–Crippen LogP) is 1.79. The van der Waals surface area contributed by atoms with Gasteiger partial charge in [-0.15, -0.1) is 0 Å². The Hall–Kier alpha value is -2.04. The van der Waals surface area contributed by atoms with Crippen molar-refractivity contribution in [3.63, 3.8) is 0 Å². The summed E-state index contributed by atoms with van der Waals surface area (Å²) < 4.78 is 4.69. The molecule has 1 N–H and O–H groups in total. The number of ether oxygens (including phenoxy) is 1. The highest BCUT2D eigenvalue weighted by Gasteiger charge is 2.24. The molecule has 0 aliphatic carbocycles. The summed E-state index contributed by atoms with van der Waals surface area (Å²) in [5, 5.41) is 3.09. The first-order valence-electron chi connectivity index (χ1n) is 6.37. The van der Waals surface area contributed by atoms with Crippen LogP contribution in [0.2, 0.25) is 0 Å². The number of para-hydroxylation sites is 2. The zero-order chi connectivity index (χ0) is 13.8. The van der Waals surface area contributed by atoms with E-state index in [-0.39, 0.29) is 11.9 Å². The molecule has 2 rings (SSSR count). The summed E-state index contributed by atoms with van der Waals surface area (Å²) in [6, 6.07) is 7.05. The molecule has 0 spiro atoms. The number of carbonyl (C=O) groups is 2. The molecule has 5 nitrogen and oxygen atoms in total. The summed E-state index contributed by atoms with van der Waals surface area (Å²) in [6.45, 7) is 2.46. The molecule has 1 saturated heterocycles. The lowest BCUT2D eigenvalue weighted by atomic mass is 10.2. The number of anilines is 2. The van der Waals surface area contributed by atoms with E-state index >= 15 is 0 Å². The molecule has 1 atom stereocenters. The summed E-state index contributed by atoms with van der Waals surface area (Å²) in [6.07, 6.45) is 1.46. The van der Waals surface area contributed by atoms with Crippen LogP contribution in [-0.2, 0) is 14.3 Å². The zero-order valence-corrected chi connectivity index (χ0v) is 11.2. The highest BCUT2D eigenvalue weighted by atomic mass is 16.5. The minimum absolute atomic E-state index is 0.125. The topological polar surface area (TPSA) is 58.6 Å². The number of nitrogens with one attached hydrogen (secondary N) is 1. The van der Waals surface area contributed by atoms with E-state index in [4.69, 9.17) is 0 Å². The Bertz CT molecular complexity index is 487. The summed E-state index contributed by atoms with van der Waals surface area (Å²) in [5.74, 6) is -0.206. The van der Waals surface area contributed by atoms with Crippen molar-refractivity contribution in [2.75, 3.05) is 23.9 Å². The van der Waals surface area contributed by atoms with Gasteiger partial charge in [-0.2, -0.15) is 0 Å². The third-order valence-electron chi connectivity index (χ3n) is 3.20. The van der Waals surface area contributed by atoms with Gasteiger partial charge < -0.3 is 15.0 Å². The van der Waals surface area contributed by atoms with Crippen LogP contribution in [0.25, 0.3) is 0 Å². The Kier molecular flexibility index (Phi) is 4.04. The average Bonchev–Trinajstić information content (AvgIpc) is 2.84. The fraction of sp³-hybridized carbons (Fsp3) is 0.429. The van der Waals surface area contributed by atoms with Gasteiger partial charge in [-0.25, -0.2) is 4.79 Å². The number of benzene rings is 1. The maximum atomic E-state index is 11.8. The molecule has 1 amide bonds. The molecule has 1 heterocycles. The Labute approximate surface area is 112 Å². The van der Waals surface area contributed by atoms with E-state index in [1.54, 1.807) is 11.8 Å². The molecule has 1 aliphatic rings. The van der Waals surface area contributed by atoms with Crippen molar-refractivity contribution >= 4 is 23.3 Å². The van der Waals surface area contributed by atoms with Crippen LogP contribution in [0, 0.1) is 0 Å². The van der Waals surface area contributed by atoms with Crippen molar-refractivity contribution in [2.45, 2.75) is 25.8 Å². The molecule has 19 heavy (non-hydrogen) atoms. The second kappa shape index (κ2) is 5.73. The average molecular weight is 262 g/mol. The quantitative estimate of drug-likeness (QED) is 0.840. The number of hydrogen-bond acceptors (Lipinski definition) is 4. The van der Waals surface area contributed by atoms with Crippen molar-refractivity contribution in [1.29, 1.82) is 0 Å². The second-order valence-electron chi connectivity index (χ2n) is 4.56. The lowest BCUT2D eigenvalue weighted by Crippen LogP contribution is -2.30. The van der Waals surface area contributed by atoms with Crippen LogP contribution in [-0.4, -0.2) is 31.6 Å². The van der Waals surface area contributed by atoms with E-state index in [2.05, 4.69) is 10.1 Å². The van der Waals surface area contributed by atoms with E-state index in [9.17, 15) is 9.59 Å². The first-order chi connectivity index (χ1) is 9.13. The van der Waals surface area contributed by atoms with Crippen LogP contribution in [0.15, 0.2) is 24.3 Å². The monoisotopic (exact) mass is 262 g/mol. The van der Waals surface area contributed by atoms with Gasteiger partial charge in [0.2, 0.25) is 5.91 Å². The van der Waals surface area contributed by atoms with Gasteiger partial charge in [0.15, 0.2) is 0 Å². The largest absolute Gasteiger partial charge is 0.467 e. The van der Waals surface area contributed by atoms with Crippen LogP contribution in [0.5, 0.6) is 0 Å². The molecule has 5 heteroatoms. The normalized spacial score (nSPS) is 16.3. The van der Waals surface area contributed by atoms with Gasteiger partial charge >= 0.3 is 5.97 Å². The van der Waals surface area contributed by atoms with Crippen molar-refractivity contribution in [1.82, 2.24) is 0 Å². The highest BCUT2D eigenvalue weighted by Crippen LogP contribution is 2.29. The number of nitrogens with zero attached hydrogens (tertiary/aromatic N) is 1. The van der Waals surface area contributed by atoms with Crippen molar-refractivity contribution in [3.8, 4) is 0 Å². The number of amides is 1. The Balaban J connectivity index is 2.21. The molecule has 1 aromatic rings. The standard InChI is InChI=1S/C14H18N2O3/c1-10(14(18)19-2)15-11-6-3-4-7-12(11)16-9-5-8-13(16)17/h3-4,6-7,10,15H,5,8-9H2,1-2H3. The SMILES string of the molecule is COC(=O)C(C)Nc1ccccc1N1CCCC1=O. The number of rotatable bonds is 4. The lowest BCUT2D eigenvalue weighted by Gasteiger charge is -2.22. The summed E-state index contributed by atoms with van der Waals surface area (Å²) in [7, 11) is 1.36. The molecule has 0 saturated carbocycles. The Morgan fingerprint density at radius 3 is 2.79 bits per heavy atom. The molecule has 1 unspecified atom stereocenters. The van der Waals surface area contributed by atoms with Gasteiger partial charge in [-0.05, 0) is 25.5 Å². The van der Waals surface area contributed by atoms with E-state index in [1.807, 2.05) is 24.3 Å². The van der Waals surface area contributed by atoms with E-state index in [0.717, 1.165) is 24.3 Å². The van der Waals surface area contributed by atoms with Gasteiger partial charge in [0.1, 0.15) is 6.04 Å². The van der Waals surface area contributed by atoms with Crippen molar-refractivity contribution in [2.24, 2.45) is 0 Å². The Morgan fingerprint density at radius 2 is 2.16 bits per heavy atom. The van der Waals surface area contributed by atoms with Crippen LogP contribution >= 0.6 is 0 Å². The fourth-order valence-electron chi connectivity index (χ4n) is 2.20. The van der Waals surface area contributed by atoms with E-state index in [1.165, 1.54) is 7.11 Å². The first-order valence-corrected chi connectivity index (χ1v) is 6.37. The lowest BCUT2D eigenvalue weighted by molar-refractivity contribution is -0.141. The maximum absolute atomic E-state index is 11.8. The van der Waals surface area contributed by atoms with Crippen molar-refractivity contribution in [3.05, 3.63) is 24.3 Å². The van der Waals surface area contributed by atoms with Crippen LogP contribution in [0.3, 0.4) is 0 Å². The highest BCUT2D eigenvalue weighted by molar-refractivity contribution is 5.98. The number of hydrogen-bond donors (Lipinski definition) is 1. The number of esters is 1. The number of carbonyl (C=O) groups excluding carboxylic acids is 2. The fourth-order valence-corrected chi connectivity index (χ4v) is 2.20.